The van der Waals surface area contributed by atoms with Gasteiger partial charge >= 0.3 is 5.97 Å². The first kappa shape index (κ1) is 18.1. The zero-order valence-corrected chi connectivity index (χ0v) is 13.7. The molecule has 2 nitrogen and oxygen atoms in total. The average Bonchev–Trinajstić information content (AvgIpc) is 2.42. The molecule has 1 aromatic rings. The molecule has 0 aliphatic rings. The minimum Gasteiger partial charge on any atom is -0.481 e. The fourth-order valence-electron chi connectivity index (χ4n) is 2.09. The maximum Gasteiger partial charge on any atom is 0.303 e. The van der Waals surface area contributed by atoms with Gasteiger partial charge in [-0.1, -0.05) is 67.1 Å². The lowest BCUT2D eigenvalue weighted by Crippen LogP contribution is -1.93. The minimum atomic E-state index is -0.694. The van der Waals surface area contributed by atoms with Crippen LogP contribution in [0.5, 0.6) is 0 Å². The number of carboxylic acids is 1. The van der Waals surface area contributed by atoms with E-state index in [1.165, 1.54) is 12.8 Å². The zero-order chi connectivity index (χ0) is 15.5. The predicted octanol–water partition coefficient (Wildman–Crippen LogP) is 6.21. The summed E-state index contributed by atoms with van der Waals surface area (Å²) < 4.78 is 0. The van der Waals surface area contributed by atoms with Gasteiger partial charge in [0.2, 0.25) is 0 Å². The molecule has 1 aromatic carbocycles. The topological polar surface area (TPSA) is 37.3 Å². The summed E-state index contributed by atoms with van der Waals surface area (Å²) in [5, 5.41) is 9.85. The molecule has 0 fully saturated rings. The first-order valence-electron chi connectivity index (χ1n) is 7.43. The maximum atomic E-state index is 10.3. The summed E-state index contributed by atoms with van der Waals surface area (Å²) in [6.45, 7) is 0. The zero-order valence-electron chi connectivity index (χ0n) is 12.2. The Morgan fingerprint density at radius 1 is 1.05 bits per heavy atom. The van der Waals surface area contributed by atoms with E-state index >= 15 is 0 Å². The van der Waals surface area contributed by atoms with Crippen LogP contribution in [0.3, 0.4) is 0 Å². The van der Waals surface area contributed by atoms with Gasteiger partial charge in [-0.3, -0.25) is 4.79 Å². The molecule has 4 heteroatoms. The molecule has 0 saturated heterocycles. The number of hydrogen-bond acceptors (Lipinski definition) is 1. The van der Waals surface area contributed by atoms with Crippen molar-refractivity contribution in [3.63, 3.8) is 0 Å². The molecule has 1 N–H and O–H groups in total. The highest BCUT2D eigenvalue weighted by Crippen LogP contribution is 2.22. The number of carboxylic acid groups (broad SMARTS) is 1. The van der Waals surface area contributed by atoms with Crippen LogP contribution in [0.15, 0.2) is 24.3 Å². The Hall–Kier alpha value is -0.990. The van der Waals surface area contributed by atoms with Crippen molar-refractivity contribution < 1.29 is 9.90 Å². The van der Waals surface area contributed by atoms with Crippen molar-refractivity contribution in [1.82, 2.24) is 0 Å². The van der Waals surface area contributed by atoms with Crippen molar-refractivity contribution in [3.8, 4) is 0 Å². The summed E-state index contributed by atoms with van der Waals surface area (Å²) in [4.78, 5) is 10.3. The summed E-state index contributed by atoms with van der Waals surface area (Å²) in [5.74, 6) is -0.694. The second kappa shape index (κ2) is 10.7. The second-order valence-corrected chi connectivity index (χ2v) is 5.97. The molecule has 0 aliphatic carbocycles. The summed E-state index contributed by atoms with van der Waals surface area (Å²) in [5.41, 5.74) is 0.995. The third-order valence-corrected chi connectivity index (χ3v) is 3.83. The molecule has 21 heavy (non-hydrogen) atoms. The lowest BCUT2D eigenvalue weighted by molar-refractivity contribution is -0.137. The van der Waals surface area contributed by atoms with Gasteiger partial charge in [-0.15, -0.1) is 0 Å². The van der Waals surface area contributed by atoms with E-state index < -0.39 is 5.97 Å². The van der Waals surface area contributed by atoms with Gasteiger partial charge in [-0.2, -0.15) is 0 Å². The molecule has 0 spiro atoms. The second-order valence-electron chi connectivity index (χ2n) is 5.12. The molecule has 0 aliphatic heterocycles. The van der Waals surface area contributed by atoms with Gasteiger partial charge in [0.25, 0.3) is 0 Å². The molecule has 0 amide bonds. The highest BCUT2D eigenvalue weighted by atomic mass is 35.5. The Morgan fingerprint density at radius 2 is 1.71 bits per heavy atom. The van der Waals surface area contributed by atoms with E-state index in [2.05, 4.69) is 6.08 Å². The van der Waals surface area contributed by atoms with E-state index in [0.29, 0.717) is 16.5 Å². The van der Waals surface area contributed by atoms with Gasteiger partial charge in [0.1, 0.15) is 0 Å². The molecule has 1 rings (SSSR count). The van der Waals surface area contributed by atoms with Crippen LogP contribution in [0, 0.1) is 0 Å². The summed E-state index contributed by atoms with van der Waals surface area (Å²) in [7, 11) is 0. The van der Waals surface area contributed by atoms with Crippen LogP contribution in [-0.4, -0.2) is 11.1 Å². The minimum absolute atomic E-state index is 0.296. The molecular weight excluding hydrogens is 307 g/mol. The Labute approximate surface area is 136 Å². The summed E-state index contributed by atoms with van der Waals surface area (Å²) >= 11 is 11.9. The number of halogens is 2. The number of unbranched alkanes of at least 4 members (excludes halogenated alkanes) is 6. The Bertz CT molecular complexity index is 470. The molecule has 116 valence electrons. The van der Waals surface area contributed by atoms with Crippen molar-refractivity contribution >= 4 is 35.2 Å². The smallest absolute Gasteiger partial charge is 0.303 e. The van der Waals surface area contributed by atoms with E-state index in [1.807, 2.05) is 18.2 Å². The summed E-state index contributed by atoms with van der Waals surface area (Å²) in [6, 6.07) is 5.51. The fourth-order valence-corrected chi connectivity index (χ4v) is 2.56. The number of carbonyl (C=O) groups is 1. The van der Waals surface area contributed by atoms with Crippen molar-refractivity contribution in [2.45, 2.75) is 51.4 Å². The highest BCUT2D eigenvalue weighted by Gasteiger charge is 1.97. The van der Waals surface area contributed by atoms with Crippen LogP contribution < -0.4 is 0 Å². The SMILES string of the molecule is O=C(O)CCCCCCCCC=Cc1ccc(Cl)cc1Cl. The monoisotopic (exact) mass is 328 g/mol. The Balaban J connectivity index is 2.06. The Morgan fingerprint density at radius 3 is 2.38 bits per heavy atom. The number of benzene rings is 1. The lowest BCUT2D eigenvalue weighted by Gasteiger charge is -2.00. The molecule has 0 radical (unpaired) electrons. The molecular formula is C17H22Cl2O2. The molecule has 0 heterocycles. The van der Waals surface area contributed by atoms with Crippen LogP contribution in [0.4, 0.5) is 0 Å². The van der Waals surface area contributed by atoms with Crippen LogP contribution in [0.25, 0.3) is 6.08 Å². The summed E-state index contributed by atoms with van der Waals surface area (Å²) in [6.07, 6.45) is 12.0. The number of aliphatic carboxylic acids is 1. The lowest BCUT2D eigenvalue weighted by atomic mass is 10.1. The van der Waals surface area contributed by atoms with E-state index in [-0.39, 0.29) is 0 Å². The van der Waals surface area contributed by atoms with Crippen LogP contribution in [0.1, 0.15) is 56.9 Å². The van der Waals surface area contributed by atoms with Crippen LogP contribution >= 0.6 is 23.2 Å². The normalized spacial score (nSPS) is 11.1. The van der Waals surface area contributed by atoms with Crippen LogP contribution in [0.2, 0.25) is 10.0 Å². The molecule has 0 bridgehead atoms. The van der Waals surface area contributed by atoms with E-state index in [0.717, 1.165) is 37.7 Å². The Kier molecular flexibility index (Phi) is 9.20. The van der Waals surface area contributed by atoms with Crippen molar-refractivity contribution in [2.24, 2.45) is 0 Å². The van der Waals surface area contributed by atoms with E-state index in [9.17, 15) is 4.79 Å². The number of rotatable bonds is 10. The molecule has 0 saturated carbocycles. The number of hydrogen-bond donors (Lipinski definition) is 1. The predicted molar refractivity (Wildman–Crippen MR) is 90.1 cm³/mol. The molecule has 0 unspecified atom stereocenters. The maximum absolute atomic E-state index is 10.3. The van der Waals surface area contributed by atoms with Gasteiger partial charge < -0.3 is 5.11 Å². The van der Waals surface area contributed by atoms with Gasteiger partial charge in [-0.25, -0.2) is 0 Å². The largest absolute Gasteiger partial charge is 0.481 e. The fraction of sp³-hybridized carbons (Fsp3) is 0.471. The van der Waals surface area contributed by atoms with E-state index in [4.69, 9.17) is 28.3 Å². The number of allylic oxidation sites excluding steroid dienone is 1. The molecule has 0 atom stereocenters. The third kappa shape index (κ3) is 8.79. The quantitative estimate of drug-likeness (QED) is 0.518. The first-order chi connectivity index (χ1) is 10.1. The van der Waals surface area contributed by atoms with Crippen molar-refractivity contribution in [1.29, 1.82) is 0 Å². The van der Waals surface area contributed by atoms with Gasteiger partial charge in [-0.05, 0) is 37.0 Å². The van der Waals surface area contributed by atoms with Gasteiger partial charge in [0.15, 0.2) is 0 Å². The highest BCUT2D eigenvalue weighted by molar-refractivity contribution is 6.35. The van der Waals surface area contributed by atoms with Crippen LogP contribution in [-0.2, 0) is 4.79 Å². The van der Waals surface area contributed by atoms with E-state index in [1.54, 1.807) is 6.07 Å². The third-order valence-electron chi connectivity index (χ3n) is 3.27. The van der Waals surface area contributed by atoms with Gasteiger partial charge in [0.05, 0.1) is 0 Å². The van der Waals surface area contributed by atoms with Crippen molar-refractivity contribution in [2.75, 3.05) is 0 Å². The average molecular weight is 329 g/mol. The molecule has 0 aromatic heterocycles. The van der Waals surface area contributed by atoms with Gasteiger partial charge in [0, 0.05) is 16.5 Å². The van der Waals surface area contributed by atoms with Crippen molar-refractivity contribution in [3.05, 3.63) is 39.9 Å². The first-order valence-corrected chi connectivity index (χ1v) is 8.18. The standard InChI is InChI=1S/C17H22Cl2O2/c18-15-12-11-14(16(19)13-15)9-7-5-3-1-2-4-6-8-10-17(20)21/h7,9,11-13H,1-6,8,10H2,(H,20,21).